The molecule has 0 bridgehead atoms. The molecule has 1 fully saturated rings. The predicted molar refractivity (Wildman–Crippen MR) is 103 cm³/mol. The van der Waals surface area contributed by atoms with Crippen LogP contribution < -0.4 is 10.6 Å². The first-order valence-corrected chi connectivity index (χ1v) is 9.20. The molecule has 2 aromatic carbocycles. The van der Waals surface area contributed by atoms with Crippen molar-refractivity contribution in [2.75, 3.05) is 11.9 Å². The van der Waals surface area contributed by atoms with Gasteiger partial charge in [0.1, 0.15) is 0 Å². The zero-order valence-corrected chi connectivity index (χ0v) is 15.7. The summed E-state index contributed by atoms with van der Waals surface area (Å²) < 4.78 is 1.07. The van der Waals surface area contributed by atoms with Crippen LogP contribution in [0.25, 0.3) is 0 Å². The van der Waals surface area contributed by atoms with Gasteiger partial charge in [0.05, 0.1) is 0 Å². The van der Waals surface area contributed by atoms with Crippen molar-refractivity contribution in [1.29, 1.82) is 0 Å². The highest BCUT2D eigenvalue weighted by molar-refractivity contribution is 9.10. The molecule has 0 unspecified atom stereocenters. The number of carbonyl (C=O) groups excluding carboxylic acids is 2. The lowest BCUT2D eigenvalue weighted by atomic mass is 9.64. The Labute approximate surface area is 156 Å². The molecule has 3 rings (SSSR count). The van der Waals surface area contributed by atoms with Gasteiger partial charge in [-0.2, -0.15) is 0 Å². The molecule has 1 saturated carbocycles. The summed E-state index contributed by atoms with van der Waals surface area (Å²) in [5, 5.41) is 5.78. The van der Waals surface area contributed by atoms with Crippen molar-refractivity contribution in [2.24, 2.45) is 0 Å². The minimum atomic E-state index is -0.127. The van der Waals surface area contributed by atoms with Gasteiger partial charge in [0, 0.05) is 34.6 Å². The first-order chi connectivity index (χ1) is 12.0. The van der Waals surface area contributed by atoms with E-state index in [0.29, 0.717) is 17.8 Å². The van der Waals surface area contributed by atoms with Gasteiger partial charge < -0.3 is 10.6 Å². The minimum absolute atomic E-state index is 0.0373. The third-order valence-electron chi connectivity index (χ3n) is 4.80. The van der Waals surface area contributed by atoms with Gasteiger partial charge >= 0.3 is 0 Å². The van der Waals surface area contributed by atoms with E-state index < -0.39 is 0 Å². The topological polar surface area (TPSA) is 58.2 Å². The van der Waals surface area contributed by atoms with Crippen molar-refractivity contribution in [3.8, 4) is 0 Å². The Hall–Kier alpha value is -2.14. The second kappa shape index (κ2) is 7.40. The summed E-state index contributed by atoms with van der Waals surface area (Å²) in [6.45, 7) is 2.09. The average Bonchev–Trinajstić information content (AvgIpc) is 2.54. The molecule has 4 nitrogen and oxygen atoms in total. The first kappa shape index (κ1) is 17.7. The van der Waals surface area contributed by atoms with Crippen LogP contribution in [0.3, 0.4) is 0 Å². The fraction of sp³-hybridized carbons (Fsp3) is 0.300. The normalized spacial score (nSPS) is 15.1. The Morgan fingerprint density at radius 1 is 1.12 bits per heavy atom. The van der Waals surface area contributed by atoms with E-state index in [2.05, 4.69) is 38.7 Å². The predicted octanol–water partition coefficient (Wildman–Crippen LogP) is 4.26. The van der Waals surface area contributed by atoms with E-state index in [1.54, 1.807) is 24.3 Å². The number of anilines is 1. The molecule has 5 heteroatoms. The summed E-state index contributed by atoms with van der Waals surface area (Å²) >= 11 is 3.53. The van der Waals surface area contributed by atoms with E-state index in [4.69, 9.17) is 0 Å². The maximum atomic E-state index is 12.5. The molecule has 25 heavy (non-hydrogen) atoms. The summed E-state index contributed by atoms with van der Waals surface area (Å²) in [5.41, 5.74) is 2.59. The quantitative estimate of drug-likeness (QED) is 0.787. The molecule has 0 atom stereocenters. The molecule has 2 amide bonds. The summed E-state index contributed by atoms with van der Waals surface area (Å²) in [6, 6.07) is 15.3. The van der Waals surface area contributed by atoms with Crippen LogP contribution in [0.15, 0.2) is 53.0 Å². The molecule has 0 aliphatic heterocycles. The summed E-state index contributed by atoms with van der Waals surface area (Å²) in [6.07, 6.45) is 3.37. The first-order valence-electron chi connectivity index (χ1n) is 8.40. The fourth-order valence-corrected chi connectivity index (χ4v) is 3.65. The maximum Gasteiger partial charge on any atom is 0.251 e. The molecule has 0 saturated heterocycles. The molecule has 1 aliphatic rings. The number of benzene rings is 2. The van der Waals surface area contributed by atoms with Crippen LogP contribution in [0.4, 0.5) is 5.69 Å². The molecular formula is C20H21BrN2O2. The number of halogens is 1. The lowest BCUT2D eigenvalue weighted by Crippen LogP contribution is -2.45. The Bertz CT molecular complexity index is 783. The number of hydrogen-bond acceptors (Lipinski definition) is 2. The largest absolute Gasteiger partial charge is 0.351 e. The Balaban J connectivity index is 1.65. The van der Waals surface area contributed by atoms with Gasteiger partial charge in [0.2, 0.25) is 5.91 Å². The molecule has 1 aliphatic carbocycles. The molecule has 2 aromatic rings. The Morgan fingerprint density at radius 3 is 2.40 bits per heavy atom. The lowest BCUT2D eigenvalue weighted by Gasteiger charge is -2.42. The van der Waals surface area contributed by atoms with Gasteiger partial charge in [0.25, 0.3) is 5.91 Å². The Kier molecular flexibility index (Phi) is 5.23. The zero-order valence-electron chi connectivity index (χ0n) is 14.1. The molecule has 0 radical (unpaired) electrons. The Morgan fingerprint density at radius 2 is 1.84 bits per heavy atom. The van der Waals surface area contributed by atoms with Crippen molar-refractivity contribution in [1.82, 2.24) is 5.32 Å². The minimum Gasteiger partial charge on any atom is -0.351 e. The van der Waals surface area contributed by atoms with Gasteiger partial charge in [-0.1, -0.05) is 34.5 Å². The van der Waals surface area contributed by atoms with Crippen molar-refractivity contribution < 1.29 is 9.59 Å². The van der Waals surface area contributed by atoms with Crippen molar-refractivity contribution in [3.63, 3.8) is 0 Å². The second-order valence-electron chi connectivity index (χ2n) is 6.59. The van der Waals surface area contributed by atoms with Crippen LogP contribution in [0.1, 0.15) is 42.1 Å². The van der Waals surface area contributed by atoms with Crippen molar-refractivity contribution in [2.45, 2.75) is 31.6 Å². The maximum absolute atomic E-state index is 12.5. The summed E-state index contributed by atoms with van der Waals surface area (Å²) in [7, 11) is 0. The molecular weight excluding hydrogens is 380 g/mol. The van der Waals surface area contributed by atoms with E-state index in [9.17, 15) is 9.59 Å². The highest BCUT2D eigenvalue weighted by atomic mass is 79.9. The van der Waals surface area contributed by atoms with Gasteiger partial charge in [0.15, 0.2) is 0 Å². The van der Waals surface area contributed by atoms with Crippen LogP contribution >= 0.6 is 15.9 Å². The zero-order chi connectivity index (χ0) is 17.9. The number of rotatable bonds is 5. The SMILES string of the molecule is CC(=O)Nc1ccc(C(=O)NCC2(c3cccc(Br)c3)CCC2)cc1. The van der Waals surface area contributed by atoms with E-state index in [1.807, 2.05) is 12.1 Å². The van der Waals surface area contributed by atoms with Gasteiger partial charge in [-0.25, -0.2) is 0 Å². The number of amides is 2. The highest BCUT2D eigenvalue weighted by Crippen LogP contribution is 2.43. The number of hydrogen-bond donors (Lipinski definition) is 2. The monoisotopic (exact) mass is 400 g/mol. The van der Waals surface area contributed by atoms with Crippen LogP contribution in [0, 0.1) is 0 Å². The molecule has 0 spiro atoms. The van der Waals surface area contributed by atoms with E-state index >= 15 is 0 Å². The molecule has 130 valence electrons. The van der Waals surface area contributed by atoms with Crippen LogP contribution in [-0.4, -0.2) is 18.4 Å². The average molecular weight is 401 g/mol. The van der Waals surface area contributed by atoms with Gasteiger partial charge in [-0.05, 0) is 54.8 Å². The van der Waals surface area contributed by atoms with E-state index in [-0.39, 0.29) is 17.2 Å². The molecule has 0 aromatic heterocycles. The summed E-state index contributed by atoms with van der Waals surface area (Å²) in [4.78, 5) is 23.5. The fourth-order valence-electron chi connectivity index (χ4n) is 3.25. The molecule has 2 N–H and O–H groups in total. The standard InChI is InChI=1S/C20H21BrN2O2/c1-14(24)23-18-8-6-15(7-9-18)19(25)22-13-20(10-3-11-20)16-4-2-5-17(21)12-16/h2,4-9,12H,3,10-11,13H2,1H3,(H,22,25)(H,23,24). The third-order valence-corrected chi connectivity index (χ3v) is 5.30. The van der Waals surface area contributed by atoms with E-state index in [1.165, 1.54) is 18.9 Å². The molecule has 0 heterocycles. The number of nitrogens with one attached hydrogen (secondary N) is 2. The van der Waals surface area contributed by atoms with Crippen molar-refractivity contribution >= 4 is 33.4 Å². The van der Waals surface area contributed by atoms with Crippen LogP contribution in [0.5, 0.6) is 0 Å². The van der Waals surface area contributed by atoms with Crippen LogP contribution in [0.2, 0.25) is 0 Å². The van der Waals surface area contributed by atoms with Crippen LogP contribution in [-0.2, 0) is 10.2 Å². The number of carbonyl (C=O) groups is 2. The third kappa shape index (κ3) is 4.10. The lowest BCUT2D eigenvalue weighted by molar-refractivity contribution is -0.114. The highest BCUT2D eigenvalue weighted by Gasteiger charge is 2.38. The summed E-state index contributed by atoms with van der Waals surface area (Å²) in [5.74, 6) is -0.214. The second-order valence-corrected chi connectivity index (χ2v) is 7.50. The van der Waals surface area contributed by atoms with E-state index in [0.717, 1.165) is 17.3 Å². The van der Waals surface area contributed by atoms with Crippen molar-refractivity contribution in [3.05, 3.63) is 64.1 Å². The van der Waals surface area contributed by atoms with Gasteiger partial charge in [-0.3, -0.25) is 9.59 Å². The van der Waals surface area contributed by atoms with Gasteiger partial charge in [-0.15, -0.1) is 0 Å². The smallest absolute Gasteiger partial charge is 0.251 e.